The maximum Gasteiger partial charge on any atom is 0.261 e. The number of phenols is 1. The van der Waals surface area contributed by atoms with E-state index in [2.05, 4.69) is 10.3 Å². The fourth-order valence-electron chi connectivity index (χ4n) is 2.96. The van der Waals surface area contributed by atoms with E-state index in [1.165, 1.54) is 6.20 Å². The van der Waals surface area contributed by atoms with Crippen LogP contribution in [0.3, 0.4) is 0 Å². The van der Waals surface area contributed by atoms with Gasteiger partial charge in [0.05, 0.1) is 0 Å². The van der Waals surface area contributed by atoms with Crippen LogP contribution in [0.1, 0.15) is 36.7 Å². The SMILES string of the molecule is CC(C)(C)c1c(O)cccc1NC(=O)c1c[nH]c2ccccc2c1=O. The van der Waals surface area contributed by atoms with E-state index in [1.54, 1.807) is 36.4 Å². The van der Waals surface area contributed by atoms with Crippen molar-refractivity contribution in [3.8, 4) is 5.75 Å². The number of para-hydroxylation sites is 1. The Morgan fingerprint density at radius 1 is 1.08 bits per heavy atom. The lowest BCUT2D eigenvalue weighted by Crippen LogP contribution is -2.24. The van der Waals surface area contributed by atoms with Gasteiger partial charge < -0.3 is 15.4 Å². The van der Waals surface area contributed by atoms with E-state index in [-0.39, 0.29) is 22.2 Å². The molecule has 0 fully saturated rings. The normalized spacial score (nSPS) is 11.5. The van der Waals surface area contributed by atoms with E-state index in [0.29, 0.717) is 22.2 Å². The molecule has 0 saturated carbocycles. The zero-order chi connectivity index (χ0) is 18.2. The van der Waals surface area contributed by atoms with Crippen LogP contribution in [0.2, 0.25) is 0 Å². The Kier molecular flexibility index (Phi) is 4.08. The van der Waals surface area contributed by atoms with E-state index < -0.39 is 5.91 Å². The highest BCUT2D eigenvalue weighted by atomic mass is 16.3. The molecule has 1 amide bonds. The minimum atomic E-state index is -0.511. The summed E-state index contributed by atoms with van der Waals surface area (Å²) in [7, 11) is 0. The molecule has 5 heteroatoms. The molecule has 1 aromatic heterocycles. The molecular weight excluding hydrogens is 316 g/mol. The third-order valence-electron chi connectivity index (χ3n) is 4.07. The molecule has 0 unspecified atom stereocenters. The largest absolute Gasteiger partial charge is 0.508 e. The third kappa shape index (κ3) is 3.13. The minimum absolute atomic E-state index is 0.0295. The van der Waals surface area contributed by atoms with Gasteiger partial charge >= 0.3 is 0 Å². The standard InChI is InChI=1S/C20H20N2O3/c1-20(2,3)17-15(9-6-10-16(17)23)22-19(25)13-11-21-14-8-5-4-7-12(14)18(13)24/h4-11,23H,1-3H3,(H,21,24)(H,22,25). The molecule has 128 valence electrons. The van der Waals surface area contributed by atoms with Crippen LogP contribution in [0.15, 0.2) is 53.5 Å². The Labute approximate surface area is 145 Å². The van der Waals surface area contributed by atoms with Crippen molar-refractivity contribution >= 4 is 22.5 Å². The fraction of sp³-hybridized carbons (Fsp3) is 0.200. The van der Waals surface area contributed by atoms with Crippen LogP contribution in [0, 0.1) is 0 Å². The van der Waals surface area contributed by atoms with Gasteiger partial charge in [-0.1, -0.05) is 39.0 Å². The van der Waals surface area contributed by atoms with Gasteiger partial charge in [-0.2, -0.15) is 0 Å². The van der Waals surface area contributed by atoms with Crippen LogP contribution < -0.4 is 10.7 Å². The van der Waals surface area contributed by atoms with Gasteiger partial charge in [-0.3, -0.25) is 9.59 Å². The second-order valence-corrected chi connectivity index (χ2v) is 6.98. The number of carbonyl (C=O) groups is 1. The van der Waals surface area contributed by atoms with E-state index in [4.69, 9.17) is 0 Å². The van der Waals surface area contributed by atoms with Gasteiger partial charge in [0.25, 0.3) is 5.91 Å². The molecule has 0 spiro atoms. The maximum absolute atomic E-state index is 12.7. The quantitative estimate of drug-likeness (QED) is 0.666. The maximum atomic E-state index is 12.7. The van der Waals surface area contributed by atoms with Crippen LogP contribution >= 0.6 is 0 Å². The van der Waals surface area contributed by atoms with Gasteiger partial charge in [-0.15, -0.1) is 0 Å². The number of anilines is 1. The average molecular weight is 336 g/mol. The molecule has 0 radical (unpaired) electrons. The molecule has 0 aliphatic heterocycles. The first-order valence-electron chi connectivity index (χ1n) is 8.03. The van der Waals surface area contributed by atoms with Crippen molar-refractivity contribution in [3.05, 3.63) is 70.0 Å². The number of aromatic hydroxyl groups is 1. The Morgan fingerprint density at radius 3 is 2.52 bits per heavy atom. The van der Waals surface area contributed by atoms with Crippen LogP contribution in [-0.2, 0) is 5.41 Å². The third-order valence-corrected chi connectivity index (χ3v) is 4.07. The molecule has 0 atom stereocenters. The number of hydrogen-bond donors (Lipinski definition) is 3. The van der Waals surface area contributed by atoms with Crippen molar-refractivity contribution in [2.75, 3.05) is 5.32 Å². The number of rotatable bonds is 2. The molecule has 3 aromatic rings. The predicted molar refractivity (Wildman–Crippen MR) is 99.3 cm³/mol. The van der Waals surface area contributed by atoms with Crippen molar-refractivity contribution < 1.29 is 9.90 Å². The van der Waals surface area contributed by atoms with Gasteiger partial charge in [0.2, 0.25) is 5.43 Å². The van der Waals surface area contributed by atoms with Crippen LogP contribution in [0.25, 0.3) is 10.9 Å². The molecule has 1 heterocycles. The number of aromatic amines is 1. The summed E-state index contributed by atoms with van der Waals surface area (Å²) in [4.78, 5) is 28.2. The fourth-order valence-corrected chi connectivity index (χ4v) is 2.96. The first kappa shape index (κ1) is 16.8. The van der Waals surface area contributed by atoms with Crippen molar-refractivity contribution in [1.29, 1.82) is 0 Å². The molecule has 3 N–H and O–H groups in total. The number of H-pyrrole nitrogens is 1. The summed E-state index contributed by atoms with van der Waals surface area (Å²) in [5, 5.41) is 13.4. The molecular formula is C20H20N2O3. The Bertz CT molecular complexity index is 1010. The molecule has 0 aliphatic carbocycles. The lowest BCUT2D eigenvalue weighted by molar-refractivity contribution is 0.102. The summed E-state index contributed by atoms with van der Waals surface area (Å²) >= 11 is 0. The molecule has 0 saturated heterocycles. The summed E-state index contributed by atoms with van der Waals surface area (Å²) < 4.78 is 0. The van der Waals surface area contributed by atoms with Gasteiger partial charge in [-0.05, 0) is 29.7 Å². The highest BCUT2D eigenvalue weighted by Gasteiger charge is 2.23. The van der Waals surface area contributed by atoms with Gasteiger partial charge in [0.1, 0.15) is 11.3 Å². The first-order chi connectivity index (χ1) is 11.8. The molecule has 25 heavy (non-hydrogen) atoms. The number of hydrogen-bond acceptors (Lipinski definition) is 3. The van der Waals surface area contributed by atoms with Crippen molar-refractivity contribution in [3.63, 3.8) is 0 Å². The number of pyridine rings is 1. The van der Waals surface area contributed by atoms with Crippen LogP contribution in [-0.4, -0.2) is 16.0 Å². The summed E-state index contributed by atoms with van der Waals surface area (Å²) in [6.07, 6.45) is 1.42. The highest BCUT2D eigenvalue weighted by molar-refractivity contribution is 6.06. The summed E-state index contributed by atoms with van der Waals surface area (Å²) in [5.41, 5.74) is 1.12. The Hall–Kier alpha value is -3.08. The number of benzene rings is 2. The Morgan fingerprint density at radius 2 is 1.80 bits per heavy atom. The van der Waals surface area contributed by atoms with Crippen molar-refractivity contribution in [2.24, 2.45) is 0 Å². The highest BCUT2D eigenvalue weighted by Crippen LogP contribution is 2.36. The number of amides is 1. The van der Waals surface area contributed by atoms with Crippen molar-refractivity contribution in [2.45, 2.75) is 26.2 Å². The van der Waals surface area contributed by atoms with Gasteiger partial charge in [0.15, 0.2) is 0 Å². The minimum Gasteiger partial charge on any atom is -0.508 e. The molecule has 3 rings (SSSR count). The van der Waals surface area contributed by atoms with Crippen molar-refractivity contribution in [1.82, 2.24) is 4.98 Å². The number of aromatic nitrogens is 1. The number of nitrogens with one attached hydrogen (secondary N) is 2. The van der Waals surface area contributed by atoms with E-state index >= 15 is 0 Å². The van der Waals surface area contributed by atoms with Gasteiger partial charge in [-0.25, -0.2) is 0 Å². The average Bonchev–Trinajstić information content (AvgIpc) is 2.54. The van der Waals surface area contributed by atoms with Crippen LogP contribution in [0.4, 0.5) is 5.69 Å². The molecule has 0 aliphatic rings. The van der Waals surface area contributed by atoms with E-state index in [0.717, 1.165) is 0 Å². The molecule has 0 bridgehead atoms. The number of phenolic OH excluding ortho intramolecular Hbond substituents is 1. The predicted octanol–water partition coefficient (Wildman–Crippen LogP) is 3.78. The zero-order valence-corrected chi connectivity index (χ0v) is 14.4. The lowest BCUT2D eigenvalue weighted by atomic mass is 9.85. The Balaban J connectivity index is 2.04. The zero-order valence-electron chi connectivity index (χ0n) is 14.4. The number of carbonyl (C=O) groups excluding carboxylic acids is 1. The van der Waals surface area contributed by atoms with E-state index in [9.17, 15) is 14.7 Å². The van der Waals surface area contributed by atoms with Gasteiger partial charge in [0, 0.05) is 28.4 Å². The summed E-state index contributed by atoms with van der Waals surface area (Å²) in [5.74, 6) is -0.402. The number of fused-ring (bicyclic) bond motifs is 1. The molecule has 2 aromatic carbocycles. The second kappa shape index (κ2) is 6.09. The monoisotopic (exact) mass is 336 g/mol. The lowest BCUT2D eigenvalue weighted by Gasteiger charge is -2.24. The van der Waals surface area contributed by atoms with Crippen LogP contribution in [0.5, 0.6) is 5.75 Å². The van der Waals surface area contributed by atoms with E-state index in [1.807, 2.05) is 26.8 Å². The molecule has 5 nitrogen and oxygen atoms in total. The summed E-state index contributed by atoms with van der Waals surface area (Å²) in [6.45, 7) is 5.83. The smallest absolute Gasteiger partial charge is 0.261 e. The summed E-state index contributed by atoms with van der Waals surface area (Å²) in [6, 6.07) is 12.0. The topological polar surface area (TPSA) is 82.2 Å². The second-order valence-electron chi connectivity index (χ2n) is 6.98. The first-order valence-corrected chi connectivity index (χ1v) is 8.03.